The second-order valence-electron chi connectivity index (χ2n) is 17.5. The van der Waals surface area contributed by atoms with Gasteiger partial charge in [-0.3, -0.25) is 0 Å². The van der Waals surface area contributed by atoms with Crippen molar-refractivity contribution in [2.45, 2.75) is 19.3 Å². The third-order valence-electron chi connectivity index (χ3n) is 13.9. The van der Waals surface area contributed by atoms with E-state index >= 15 is 0 Å². The van der Waals surface area contributed by atoms with Gasteiger partial charge in [-0.05, 0) is 98.8 Å². The third kappa shape index (κ3) is 4.51. The average molecular weight is 808 g/mol. The predicted molar refractivity (Wildman–Crippen MR) is 264 cm³/mol. The summed E-state index contributed by atoms with van der Waals surface area (Å²) in [7, 11) is 0. The highest BCUT2D eigenvalue weighted by Gasteiger charge is 2.35. The highest BCUT2D eigenvalue weighted by atomic mass is 32.1. The van der Waals surface area contributed by atoms with Crippen LogP contribution in [0.4, 0.5) is 0 Å². The summed E-state index contributed by atoms with van der Waals surface area (Å²) in [6, 6.07) is 69.9. The molecule has 0 saturated carbocycles. The summed E-state index contributed by atoms with van der Waals surface area (Å²) in [5.74, 6) is 0. The summed E-state index contributed by atoms with van der Waals surface area (Å²) in [4.78, 5) is 5.29. The van der Waals surface area contributed by atoms with E-state index in [0.29, 0.717) is 0 Å². The zero-order chi connectivity index (χ0) is 40.8. The van der Waals surface area contributed by atoms with Crippen LogP contribution in [0, 0.1) is 0 Å². The lowest BCUT2D eigenvalue weighted by Crippen LogP contribution is -2.14. The van der Waals surface area contributed by atoms with E-state index in [1.165, 1.54) is 114 Å². The molecule has 1 aliphatic rings. The summed E-state index contributed by atoms with van der Waals surface area (Å²) >= 11 is 1.84. The minimum absolute atomic E-state index is 0.0441. The molecule has 0 atom stereocenters. The number of para-hydroxylation sites is 2. The van der Waals surface area contributed by atoms with Gasteiger partial charge in [0.2, 0.25) is 0 Å². The molecule has 1 aliphatic carbocycles. The zero-order valence-electron chi connectivity index (χ0n) is 34.1. The fourth-order valence-electron chi connectivity index (χ4n) is 11.0. The van der Waals surface area contributed by atoms with E-state index in [0.717, 1.165) is 16.4 Å². The Bertz CT molecular complexity index is 4080. The Morgan fingerprint density at radius 1 is 0.452 bits per heavy atom. The lowest BCUT2D eigenvalue weighted by atomic mass is 9.82. The first-order chi connectivity index (χ1) is 30.5. The van der Waals surface area contributed by atoms with Crippen molar-refractivity contribution in [3.63, 3.8) is 0 Å². The van der Waals surface area contributed by atoms with Crippen LogP contribution in [0.5, 0.6) is 0 Å². The molecular formula is C58H37N3S. The maximum absolute atomic E-state index is 5.29. The monoisotopic (exact) mass is 807 g/mol. The van der Waals surface area contributed by atoms with Crippen LogP contribution >= 0.6 is 11.3 Å². The van der Waals surface area contributed by atoms with Gasteiger partial charge in [0.15, 0.2) is 0 Å². The largest absolute Gasteiger partial charge is 0.309 e. The Morgan fingerprint density at radius 3 is 2.05 bits per heavy atom. The molecule has 0 radical (unpaired) electrons. The van der Waals surface area contributed by atoms with Crippen molar-refractivity contribution in [2.75, 3.05) is 0 Å². The van der Waals surface area contributed by atoms with Crippen molar-refractivity contribution in [1.29, 1.82) is 0 Å². The average Bonchev–Trinajstić information content (AvgIpc) is 4.03. The van der Waals surface area contributed by atoms with Gasteiger partial charge in [-0.15, -0.1) is 11.3 Å². The highest BCUT2D eigenvalue weighted by Crippen LogP contribution is 2.50. The maximum Gasteiger partial charge on any atom is 0.0917 e. The van der Waals surface area contributed by atoms with E-state index in [2.05, 4.69) is 211 Å². The number of nitrogens with zero attached hydrogens (tertiary/aromatic N) is 3. The molecule has 0 unspecified atom stereocenters. The van der Waals surface area contributed by atoms with Gasteiger partial charge in [-0.2, -0.15) is 0 Å². The summed E-state index contributed by atoms with van der Waals surface area (Å²) in [5, 5.41) is 9.89. The Balaban J connectivity index is 1.03. The molecule has 4 heteroatoms. The van der Waals surface area contributed by atoms with E-state index in [1.807, 2.05) is 11.3 Å². The van der Waals surface area contributed by atoms with Crippen LogP contribution in [0.2, 0.25) is 0 Å². The smallest absolute Gasteiger partial charge is 0.0917 e. The molecule has 3 nitrogen and oxygen atoms in total. The van der Waals surface area contributed by atoms with Crippen LogP contribution in [-0.2, 0) is 5.41 Å². The number of hydrogen-bond acceptors (Lipinski definition) is 2. The Hall–Kier alpha value is -7.53. The Labute approximate surface area is 361 Å². The first kappa shape index (κ1) is 34.2. The van der Waals surface area contributed by atoms with Crippen molar-refractivity contribution in [2.24, 2.45) is 0 Å². The lowest BCUT2D eigenvalue weighted by molar-refractivity contribution is 0.660. The molecule has 0 N–H and O–H groups in total. The normalized spacial score (nSPS) is 13.5. The number of aromatic nitrogens is 3. The number of pyridine rings is 1. The molecule has 0 fully saturated rings. The lowest BCUT2D eigenvalue weighted by Gasteiger charge is -2.21. The van der Waals surface area contributed by atoms with Crippen molar-refractivity contribution in [3.05, 3.63) is 199 Å². The number of fused-ring (bicyclic) bond motifs is 15. The molecule has 62 heavy (non-hydrogen) atoms. The van der Waals surface area contributed by atoms with Crippen molar-refractivity contribution < 1.29 is 0 Å². The topological polar surface area (TPSA) is 22.8 Å². The molecule has 13 aromatic rings. The zero-order valence-corrected chi connectivity index (χ0v) is 35.0. The minimum Gasteiger partial charge on any atom is -0.309 e. The number of benzene rings is 9. The van der Waals surface area contributed by atoms with Crippen LogP contribution in [0.1, 0.15) is 25.0 Å². The summed E-state index contributed by atoms with van der Waals surface area (Å²) in [6.45, 7) is 4.71. The Morgan fingerprint density at radius 2 is 1.13 bits per heavy atom. The molecule has 4 heterocycles. The van der Waals surface area contributed by atoms with Gasteiger partial charge >= 0.3 is 0 Å². The third-order valence-corrected chi connectivity index (χ3v) is 15.1. The fourth-order valence-corrected chi connectivity index (χ4v) is 12.2. The second kappa shape index (κ2) is 12.3. The van der Waals surface area contributed by atoms with Gasteiger partial charge in [0, 0.05) is 48.1 Å². The molecule has 0 amide bonds. The first-order valence-corrected chi connectivity index (χ1v) is 22.3. The minimum atomic E-state index is -0.0441. The van der Waals surface area contributed by atoms with Gasteiger partial charge in [0.1, 0.15) is 0 Å². The van der Waals surface area contributed by atoms with E-state index in [4.69, 9.17) is 4.98 Å². The molecule has 0 bridgehead atoms. The van der Waals surface area contributed by atoms with Crippen molar-refractivity contribution >= 4 is 96.9 Å². The quantitative estimate of drug-likeness (QED) is 0.174. The SMILES string of the molecule is CC1(C)c2ccccc2-c2cc(-n3c4ccc(-c5ccc6c7ccccc7n(-c7c8ccccc8nc8c7sc7ccccc78)c6c5)cc4c4c5ccccc5ccc43)ccc21. The molecule has 4 aromatic heterocycles. The van der Waals surface area contributed by atoms with Gasteiger partial charge < -0.3 is 9.13 Å². The van der Waals surface area contributed by atoms with E-state index in [-0.39, 0.29) is 5.41 Å². The van der Waals surface area contributed by atoms with Crippen molar-refractivity contribution in [1.82, 2.24) is 14.1 Å². The standard InChI is InChI=1S/C58H37N3S/c1-58(2)46-19-9-5-15-39(46)44-33-37(26-28-47(44)58)60-50-29-25-35(31-45(50)54-38-14-4-3-13-34(38)24-30-51(54)60)36-23-27-41-40-16-7-11-21-49(40)61(52(41)32-36)56-42-17-6-10-20-48(42)59-55-43-18-8-12-22-53(43)62-57(55)56/h3-33H,1-2H3. The molecule has 0 spiro atoms. The van der Waals surface area contributed by atoms with Gasteiger partial charge in [-0.25, -0.2) is 4.98 Å². The second-order valence-corrected chi connectivity index (χ2v) is 18.5. The van der Waals surface area contributed by atoms with Crippen LogP contribution in [0.25, 0.3) is 119 Å². The summed E-state index contributed by atoms with van der Waals surface area (Å²) in [6.07, 6.45) is 0. The predicted octanol–water partition coefficient (Wildman–Crippen LogP) is 15.9. The van der Waals surface area contributed by atoms with Crippen molar-refractivity contribution in [3.8, 4) is 33.6 Å². The van der Waals surface area contributed by atoms with Gasteiger partial charge in [-0.1, -0.05) is 147 Å². The first-order valence-electron chi connectivity index (χ1n) is 21.5. The highest BCUT2D eigenvalue weighted by molar-refractivity contribution is 7.26. The van der Waals surface area contributed by atoms with Crippen LogP contribution in [0.3, 0.4) is 0 Å². The molecule has 290 valence electrons. The van der Waals surface area contributed by atoms with Gasteiger partial charge in [0.25, 0.3) is 0 Å². The van der Waals surface area contributed by atoms with E-state index in [9.17, 15) is 0 Å². The number of rotatable bonds is 3. The Kier molecular flexibility index (Phi) is 6.78. The summed E-state index contributed by atoms with van der Waals surface area (Å²) in [5.41, 5.74) is 17.0. The number of hydrogen-bond donors (Lipinski definition) is 0. The van der Waals surface area contributed by atoms with E-state index < -0.39 is 0 Å². The summed E-state index contributed by atoms with van der Waals surface area (Å²) < 4.78 is 7.46. The maximum atomic E-state index is 5.29. The molecule has 14 rings (SSSR count). The van der Waals surface area contributed by atoms with Crippen LogP contribution in [0.15, 0.2) is 188 Å². The van der Waals surface area contributed by atoms with Crippen LogP contribution < -0.4 is 0 Å². The van der Waals surface area contributed by atoms with Gasteiger partial charge in [0.05, 0.1) is 43.5 Å². The fraction of sp³-hybridized carbons (Fsp3) is 0.0517. The molecule has 9 aromatic carbocycles. The van der Waals surface area contributed by atoms with E-state index in [1.54, 1.807) is 0 Å². The number of thiophene rings is 1. The van der Waals surface area contributed by atoms with Crippen LogP contribution in [-0.4, -0.2) is 14.1 Å². The molecule has 0 aliphatic heterocycles. The molecular weight excluding hydrogens is 771 g/mol. The molecule has 0 saturated heterocycles.